The fraction of sp³-hybridized carbons (Fsp3) is 0.214. The summed E-state index contributed by atoms with van der Waals surface area (Å²) in [5, 5.41) is 0. The molecule has 0 bridgehead atoms. The van der Waals surface area contributed by atoms with Gasteiger partial charge in [0.1, 0.15) is 17.4 Å². The van der Waals surface area contributed by atoms with E-state index in [1.807, 2.05) is 6.92 Å². The van der Waals surface area contributed by atoms with Crippen LogP contribution in [0.1, 0.15) is 12.5 Å². The summed E-state index contributed by atoms with van der Waals surface area (Å²) < 4.78 is 19.8. The number of ether oxygens (including phenoxy) is 1. The van der Waals surface area contributed by atoms with Gasteiger partial charge in [-0.25, -0.2) is 9.37 Å². The number of nitrogens with zero attached hydrogens (tertiary/aromatic N) is 1. The molecule has 0 aliphatic carbocycles. The van der Waals surface area contributed by atoms with E-state index in [0.717, 1.165) is 22.0 Å². The van der Waals surface area contributed by atoms with E-state index >= 15 is 0 Å². The van der Waals surface area contributed by atoms with Gasteiger partial charge in [-0.1, -0.05) is 6.92 Å². The van der Waals surface area contributed by atoms with Crippen LogP contribution in [-0.4, -0.2) is 12.1 Å². The highest BCUT2D eigenvalue weighted by atomic mass is 79.9. The molecule has 1 aromatic heterocycles. The average molecular weight is 325 g/mol. The minimum Gasteiger partial charge on any atom is -0.497 e. The Hall–Kier alpha value is -1.62. The number of hydrogen-bond donors (Lipinski definition) is 1. The van der Waals surface area contributed by atoms with Crippen LogP contribution in [0.2, 0.25) is 0 Å². The van der Waals surface area contributed by atoms with Gasteiger partial charge in [-0.15, -0.1) is 0 Å². The van der Waals surface area contributed by atoms with Crippen LogP contribution in [0, 0.1) is 5.82 Å². The summed E-state index contributed by atoms with van der Waals surface area (Å²) in [5.41, 5.74) is 7.93. The van der Waals surface area contributed by atoms with Crippen LogP contribution in [0.25, 0.3) is 11.1 Å². The fourth-order valence-corrected chi connectivity index (χ4v) is 2.56. The molecule has 0 aliphatic rings. The van der Waals surface area contributed by atoms with Crippen molar-refractivity contribution >= 4 is 21.7 Å². The minimum atomic E-state index is -0.340. The summed E-state index contributed by atoms with van der Waals surface area (Å²) in [5.74, 6) is 0.559. The molecule has 0 unspecified atom stereocenters. The van der Waals surface area contributed by atoms with Gasteiger partial charge in [0.25, 0.3) is 0 Å². The molecule has 0 radical (unpaired) electrons. The zero-order valence-corrected chi connectivity index (χ0v) is 12.3. The van der Waals surface area contributed by atoms with Gasteiger partial charge >= 0.3 is 0 Å². The van der Waals surface area contributed by atoms with Crippen molar-refractivity contribution in [3.8, 4) is 16.9 Å². The van der Waals surface area contributed by atoms with Gasteiger partial charge < -0.3 is 10.5 Å². The van der Waals surface area contributed by atoms with Crippen molar-refractivity contribution in [3.05, 3.63) is 40.2 Å². The Morgan fingerprint density at radius 2 is 2.11 bits per heavy atom. The van der Waals surface area contributed by atoms with Crippen LogP contribution in [0.3, 0.4) is 0 Å². The van der Waals surface area contributed by atoms with Crippen molar-refractivity contribution in [2.75, 3.05) is 12.8 Å². The second-order valence-corrected chi connectivity index (χ2v) is 4.84. The SMILES string of the molecule is CCc1c(-c2ccc(OC)cc2F)cnc(N)c1Br. The maximum atomic E-state index is 14.1. The van der Waals surface area contributed by atoms with Gasteiger partial charge in [-0.05, 0) is 40.0 Å². The first-order valence-corrected chi connectivity index (χ1v) is 6.64. The zero-order valence-electron chi connectivity index (χ0n) is 10.7. The molecule has 0 atom stereocenters. The maximum absolute atomic E-state index is 14.1. The molecule has 2 N–H and O–H groups in total. The zero-order chi connectivity index (χ0) is 14.0. The van der Waals surface area contributed by atoms with Gasteiger partial charge in [-0.2, -0.15) is 0 Å². The first kappa shape index (κ1) is 13.8. The molecule has 5 heteroatoms. The molecule has 3 nitrogen and oxygen atoms in total. The van der Waals surface area contributed by atoms with E-state index in [2.05, 4.69) is 20.9 Å². The Bertz CT molecular complexity index is 617. The molecule has 1 heterocycles. The number of anilines is 1. The highest BCUT2D eigenvalue weighted by Crippen LogP contribution is 2.34. The maximum Gasteiger partial charge on any atom is 0.137 e. The molecule has 100 valence electrons. The molecule has 19 heavy (non-hydrogen) atoms. The van der Waals surface area contributed by atoms with Crippen LogP contribution >= 0.6 is 15.9 Å². The van der Waals surface area contributed by atoms with Crippen molar-refractivity contribution in [1.82, 2.24) is 4.98 Å². The van der Waals surface area contributed by atoms with Crippen LogP contribution < -0.4 is 10.5 Å². The molecule has 2 rings (SSSR count). The minimum absolute atomic E-state index is 0.340. The van der Waals surface area contributed by atoms with Crippen LogP contribution in [-0.2, 0) is 6.42 Å². The van der Waals surface area contributed by atoms with E-state index in [-0.39, 0.29) is 5.82 Å². The quantitative estimate of drug-likeness (QED) is 0.934. The molecule has 0 amide bonds. The molecule has 0 saturated carbocycles. The number of halogens is 2. The predicted octanol–water partition coefficient (Wildman–Crippen LogP) is 3.80. The lowest BCUT2D eigenvalue weighted by Crippen LogP contribution is -1.99. The van der Waals surface area contributed by atoms with Crippen molar-refractivity contribution < 1.29 is 9.13 Å². The fourth-order valence-electron chi connectivity index (χ4n) is 1.96. The Morgan fingerprint density at radius 3 is 2.68 bits per heavy atom. The number of methoxy groups -OCH3 is 1. The van der Waals surface area contributed by atoms with E-state index in [0.29, 0.717) is 17.1 Å². The highest BCUT2D eigenvalue weighted by molar-refractivity contribution is 9.10. The van der Waals surface area contributed by atoms with Gasteiger partial charge in [0.15, 0.2) is 0 Å². The number of rotatable bonds is 3. The number of benzene rings is 1. The lowest BCUT2D eigenvalue weighted by molar-refractivity contribution is 0.411. The summed E-state index contributed by atoms with van der Waals surface area (Å²) in [6.07, 6.45) is 2.33. The molecule has 0 spiro atoms. The van der Waals surface area contributed by atoms with E-state index in [9.17, 15) is 4.39 Å². The van der Waals surface area contributed by atoms with Crippen molar-refractivity contribution in [1.29, 1.82) is 0 Å². The lowest BCUT2D eigenvalue weighted by atomic mass is 9.99. The van der Waals surface area contributed by atoms with Crippen molar-refractivity contribution in [3.63, 3.8) is 0 Å². The Balaban J connectivity index is 2.62. The van der Waals surface area contributed by atoms with E-state index < -0.39 is 0 Å². The predicted molar refractivity (Wildman–Crippen MR) is 77.7 cm³/mol. The van der Waals surface area contributed by atoms with Gasteiger partial charge in [0.2, 0.25) is 0 Å². The summed E-state index contributed by atoms with van der Waals surface area (Å²) in [6, 6.07) is 4.77. The van der Waals surface area contributed by atoms with Crippen molar-refractivity contribution in [2.24, 2.45) is 0 Å². The first-order chi connectivity index (χ1) is 9.08. The van der Waals surface area contributed by atoms with E-state index in [1.54, 1.807) is 18.3 Å². The molecule has 0 fully saturated rings. The molecule has 0 aliphatic heterocycles. The number of nitrogens with two attached hydrogens (primary N) is 1. The molecule has 2 aromatic rings. The first-order valence-electron chi connectivity index (χ1n) is 5.85. The van der Waals surface area contributed by atoms with Gasteiger partial charge in [-0.3, -0.25) is 0 Å². The topological polar surface area (TPSA) is 48.1 Å². The molecular formula is C14H14BrFN2O. The summed E-state index contributed by atoms with van der Waals surface area (Å²) in [7, 11) is 1.51. The van der Waals surface area contributed by atoms with Crippen molar-refractivity contribution in [2.45, 2.75) is 13.3 Å². The van der Waals surface area contributed by atoms with Gasteiger partial charge in [0, 0.05) is 23.4 Å². The lowest BCUT2D eigenvalue weighted by Gasteiger charge is -2.12. The number of pyridine rings is 1. The standard InChI is InChI=1S/C14H14BrFN2O/c1-3-9-11(7-18-14(17)13(9)15)10-5-4-8(19-2)6-12(10)16/h4-7H,3H2,1-2H3,(H2,17,18). The second-order valence-electron chi connectivity index (χ2n) is 4.05. The van der Waals surface area contributed by atoms with Crippen LogP contribution in [0.4, 0.5) is 10.2 Å². The Morgan fingerprint density at radius 1 is 1.37 bits per heavy atom. The molecular weight excluding hydrogens is 311 g/mol. The average Bonchev–Trinajstić information content (AvgIpc) is 2.42. The Kier molecular flexibility index (Phi) is 4.04. The third kappa shape index (κ3) is 2.56. The highest BCUT2D eigenvalue weighted by Gasteiger charge is 2.14. The Labute approximate surface area is 119 Å². The summed E-state index contributed by atoms with van der Waals surface area (Å²) in [6.45, 7) is 1.99. The van der Waals surface area contributed by atoms with Crippen LogP contribution in [0.5, 0.6) is 5.75 Å². The third-order valence-corrected chi connectivity index (χ3v) is 3.85. The van der Waals surface area contributed by atoms with E-state index in [4.69, 9.17) is 10.5 Å². The smallest absolute Gasteiger partial charge is 0.137 e. The number of nitrogen functional groups attached to an aromatic ring is 1. The molecule has 1 aromatic carbocycles. The monoisotopic (exact) mass is 324 g/mol. The summed E-state index contributed by atoms with van der Waals surface area (Å²) in [4.78, 5) is 4.08. The second kappa shape index (κ2) is 5.57. The van der Waals surface area contributed by atoms with Gasteiger partial charge in [0.05, 0.1) is 11.6 Å². The number of hydrogen-bond acceptors (Lipinski definition) is 3. The summed E-state index contributed by atoms with van der Waals surface area (Å²) >= 11 is 3.41. The largest absolute Gasteiger partial charge is 0.497 e. The normalized spacial score (nSPS) is 10.5. The van der Waals surface area contributed by atoms with E-state index in [1.165, 1.54) is 13.2 Å². The molecule has 0 saturated heterocycles. The number of aromatic nitrogens is 1. The van der Waals surface area contributed by atoms with Crippen LogP contribution in [0.15, 0.2) is 28.9 Å². The third-order valence-electron chi connectivity index (χ3n) is 2.97.